The maximum absolute atomic E-state index is 9.88. The number of aliphatic hydroxyl groups excluding tert-OH is 1. The minimum Gasteiger partial charge on any atom is -0.389 e. The molecule has 3 atom stereocenters. The van der Waals surface area contributed by atoms with Gasteiger partial charge >= 0.3 is 0 Å². The van der Waals surface area contributed by atoms with Crippen LogP contribution in [-0.2, 0) is 9.47 Å². The lowest BCUT2D eigenvalue weighted by molar-refractivity contribution is -0.0315. The van der Waals surface area contributed by atoms with Crippen molar-refractivity contribution in [2.24, 2.45) is 0 Å². The summed E-state index contributed by atoms with van der Waals surface area (Å²) in [7, 11) is 1.64. The van der Waals surface area contributed by atoms with Gasteiger partial charge < -0.3 is 19.9 Å². The first kappa shape index (κ1) is 17.1. The van der Waals surface area contributed by atoms with Crippen molar-refractivity contribution in [3.05, 3.63) is 35.4 Å². The number of aliphatic hydroxyl groups is 1. The summed E-state index contributed by atoms with van der Waals surface area (Å²) in [6.45, 7) is 7.46. The fourth-order valence-electron chi connectivity index (χ4n) is 1.90. The van der Waals surface area contributed by atoms with Crippen molar-refractivity contribution in [1.82, 2.24) is 5.32 Å². The SMILES string of the molecule is COCC(C)OCC(O)CN[C@@H](C)c1ccc(C)cc1. The predicted octanol–water partition coefficient (Wildman–Crippen LogP) is 2.06. The molecule has 0 aromatic heterocycles. The van der Waals surface area contributed by atoms with Gasteiger partial charge in [0, 0.05) is 19.7 Å². The lowest BCUT2D eigenvalue weighted by Gasteiger charge is -2.19. The number of benzene rings is 1. The minimum atomic E-state index is -0.512. The molecule has 2 unspecified atom stereocenters. The first-order valence-corrected chi connectivity index (χ1v) is 7.11. The van der Waals surface area contributed by atoms with Crippen LogP contribution in [0.15, 0.2) is 24.3 Å². The largest absolute Gasteiger partial charge is 0.389 e. The van der Waals surface area contributed by atoms with Gasteiger partial charge in [0.15, 0.2) is 0 Å². The summed E-state index contributed by atoms with van der Waals surface area (Å²) in [6.07, 6.45) is -0.508. The monoisotopic (exact) mass is 281 g/mol. The van der Waals surface area contributed by atoms with Crippen LogP contribution in [0.2, 0.25) is 0 Å². The molecule has 1 aromatic carbocycles. The van der Waals surface area contributed by atoms with Crippen molar-refractivity contribution >= 4 is 0 Å². The van der Waals surface area contributed by atoms with Gasteiger partial charge in [-0.2, -0.15) is 0 Å². The molecule has 0 aliphatic rings. The molecule has 20 heavy (non-hydrogen) atoms. The van der Waals surface area contributed by atoms with Gasteiger partial charge in [0.25, 0.3) is 0 Å². The maximum atomic E-state index is 9.88. The van der Waals surface area contributed by atoms with E-state index in [1.165, 1.54) is 11.1 Å². The average Bonchev–Trinajstić information content (AvgIpc) is 2.43. The second-order valence-corrected chi connectivity index (χ2v) is 5.29. The smallest absolute Gasteiger partial charge is 0.0898 e. The van der Waals surface area contributed by atoms with E-state index in [0.717, 1.165) is 0 Å². The number of methoxy groups -OCH3 is 1. The van der Waals surface area contributed by atoms with Crippen LogP contribution in [0.3, 0.4) is 0 Å². The Morgan fingerprint density at radius 2 is 1.80 bits per heavy atom. The Morgan fingerprint density at radius 3 is 2.40 bits per heavy atom. The van der Waals surface area contributed by atoms with Crippen LogP contribution in [0, 0.1) is 6.92 Å². The number of hydrogen-bond donors (Lipinski definition) is 2. The summed E-state index contributed by atoms with van der Waals surface area (Å²) >= 11 is 0. The zero-order valence-corrected chi connectivity index (χ0v) is 12.9. The fraction of sp³-hybridized carbons (Fsp3) is 0.625. The van der Waals surface area contributed by atoms with Crippen molar-refractivity contribution in [2.75, 3.05) is 26.9 Å². The van der Waals surface area contributed by atoms with E-state index in [0.29, 0.717) is 19.8 Å². The fourth-order valence-corrected chi connectivity index (χ4v) is 1.90. The predicted molar refractivity (Wildman–Crippen MR) is 80.9 cm³/mol. The summed E-state index contributed by atoms with van der Waals surface area (Å²) in [5.41, 5.74) is 2.47. The van der Waals surface area contributed by atoms with E-state index in [1.54, 1.807) is 7.11 Å². The molecule has 0 bridgehead atoms. The molecule has 4 heteroatoms. The molecule has 2 N–H and O–H groups in total. The maximum Gasteiger partial charge on any atom is 0.0898 e. The molecule has 0 saturated carbocycles. The zero-order valence-electron chi connectivity index (χ0n) is 12.9. The van der Waals surface area contributed by atoms with E-state index in [4.69, 9.17) is 9.47 Å². The van der Waals surface area contributed by atoms with Crippen LogP contribution in [0.25, 0.3) is 0 Å². The molecule has 0 saturated heterocycles. The van der Waals surface area contributed by atoms with Crippen LogP contribution in [0.4, 0.5) is 0 Å². The third-order valence-electron chi connectivity index (χ3n) is 3.21. The molecular formula is C16H27NO3. The Hall–Kier alpha value is -0.940. The molecule has 0 spiro atoms. The van der Waals surface area contributed by atoms with Gasteiger partial charge in [-0.15, -0.1) is 0 Å². The average molecular weight is 281 g/mol. The van der Waals surface area contributed by atoms with E-state index in [2.05, 4.69) is 43.4 Å². The second-order valence-electron chi connectivity index (χ2n) is 5.29. The highest BCUT2D eigenvalue weighted by atomic mass is 16.5. The molecule has 0 aliphatic carbocycles. The molecule has 0 aliphatic heterocycles. The van der Waals surface area contributed by atoms with E-state index < -0.39 is 6.10 Å². The third kappa shape index (κ3) is 6.48. The Morgan fingerprint density at radius 1 is 1.15 bits per heavy atom. The van der Waals surface area contributed by atoms with Crippen LogP contribution in [0.5, 0.6) is 0 Å². The molecule has 114 valence electrons. The molecule has 0 fully saturated rings. The lowest BCUT2D eigenvalue weighted by atomic mass is 10.1. The normalized spacial score (nSPS) is 15.8. The molecule has 1 aromatic rings. The van der Waals surface area contributed by atoms with Gasteiger partial charge in [0.1, 0.15) is 0 Å². The lowest BCUT2D eigenvalue weighted by Crippen LogP contribution is -2.33. The molecule has 0 heterocycles. The van der Waals surface area contributed by atoms with E-state index in [9.17, 15) is 5.11 Å². The van der Waals surface area contributed by atoms with E-state index >= 15 is 0 Å². The van der Waals surface area contributed by atoms with Crippen molar-refractivity contribution in [1.29, 1.82) is 0 Å². The molecular weight excluding hydrogens is 254 g/mol. The highest BCUT2D eigenvalue weighted by Gasteiger charge is 2.10. The number of aryl methyl sites for hydroxylation is 1. The Bertz CT molecular complexity index is 366. The second kappa shape index (κ2) is 9.08. The van der Waals surface area contributed by atoms with E-state index in [-0.39, 0.29) is 12.1 Å². The first-order chi connectivity index (χ1) is 9.52. The molecule has 0 amide bonds. The van der Waals surface area contributed by atoms with Crippen molar-refractivity contribution in [3.8, 4) is 0 Å². The minimum absolute atomic E-state index is 0.00386. The van der Waals surface area contributed by atoms with Crippen LogP contribution < -0.4 is 5.32 Å². The summed E-state index contributed by atoms with van der Waals surface area (Å²) in [6, 6.07) is 8.62. The number of ether oxygens (including phenoxy) is 2. The van der Waals surface area contributed by atoms with Gasteiger partial charge in [0.2, 0.25) is 0 Å². The quantitative estimate of drug-likeness (QED) is 0.727. The molecule has 0 radical (unpaired) electrons. The van der Waals surface area contributed by atoms with Crippen molar-refractivity contribution in [2.45, 2.75) is 39.0 Å². The van der Waals surface area contributed by atoms with Gasteiger partial charge in [-0.05, 0) is 26.3 Å². The van der Waals surface area contributed by atoms with E-state index in [1.807, 2.05) is 6.92 Å². The standard InChI is InChI=1S/C16H27NO3/c1-12-5-7-15(8-6-12)14(3)17-9-16(18)11-20-13(2)10-19-4/h5-8,13-14,16-18H,9-11H2,1-4H3/t13?,14-,16?/m0/s1. The van der Waals surface area contributed by atoms with Gasteiger partial charge in [-0.25, -0.2) is 0 Å². The van der Waals surface area contributed by atoms with Crippen LogP contribution in [0.1, 0.15) is 31.0 Å². The summed E-state index contributed by atoms with van der Waals surface area (Å²) < 4.78 is 10.5. The summed E-state index contributed by atoms with van der Waals surface area (Å²) in [4.78, 5) is 0. The highest BCUT2D eigenvalue weighted by molar-refractivity contribution is 5.23. The Balaban J connectivity index is 2.26. The topological polar surface area (TPSA) is 50.7 Å². The number of hydrogen-bond acceptors (Lipinski definition) is 4. The Labute approximate surface area is 122 Å². The first-order valence-electron chi connectivity index (χ1n) is 7.11. The highest BCUT2D eigenvalue weighted by Crippen LogP contribution is 2.12. The summed E-state index contributed by atoms with van der Waals surface area (Å²) in [5.74, 6) is 0. The van der Waals surface area contributed by atoms with Crippen molar-refractivity contribution in [3.63, 3.8) is 0 Å². The molecule has 1 rings (SSSR count). The van der Waals surface area contributed by atoms with Crippen LogP contribution in [-0.4, -0.2) is 44.2 Å². The van der Waals surface area contributed by atoms with Gasteiger partial charge in [0.05, 0.1) is 25.4 Å². The van der Waals surface area contributed by atoms with Gasteiger partial charge in [-0.1, -0.05) is 29.8 Å². The Kier molecular flexibility index (Phi) is 7.77. The van der Waals surface area contributed by atoms with Gasteiger partial charge in [-0.3, -0.25) is 0 Å². The van der Waals surface area contributed by atoms with Crippen LogP contribution >= 0.6 is 0 Å². The zero-order chi connectivity index (χ0) is 15.0. The molecule has 4 nitrogen and oxygen atoms in total. The third-order valence-corrected chi connectivity index (χ3v) is 3.21. The number of rotatable bonds is 9. The van der Waals surface area contributed by atoms with Crippen molar-refractivity contribution < 1.29 is 14.6 Å². The number of nitrogens with one attached hydrogen (secondary N) is 1. The summed E-state index contributed by atoms with van der Waals surface area (Å²) in [5, 5.41) is 13.2.